The zero-order valence-electron chi connectivity index (χ0n) is 16.8. The second-order valence-corrected chi connectivity index (χ2v) is 6.68. The molecule has 0 fully saturated rings. The number of aromatic nitrogens is 1. The number of carbonyl (C=O) groups is 1. The van der Waals surface area contributed by atoms with E-state index in [0.29, 0.717) is 11.3 Å². The lowest BCUT2D eigenvalue weighted by molar-refractivity contribution is -0.143. The lowest BCUT2D eigenvalue weighted by Crippen LogP contribution is -2.27. The van der Waals surface area contributed by atoms with Crippen molar-refractivity contribution in [3.05, 3.63) is 70.4 Å². The number of ether oxygens (including phenoxy) is 2. The topological polar surface area (TPSA) is 86.8 Å². The fourth-order valence-corrected chi connectivity index (χ4v) is 2.75. The van der Waals surface area contributed by atoms with Gasteiger partial charge in [0.15, 0.2) is 0 Å². The highest BCUT2D eigenvalue weighted by molar-refractivity contribution is 6.30. The van der Waals surface area contributed by atoms with E-state index < -0.39 is 29.8 Å². The maximum atomic E-state index is 14.6. The molecule has 0 aliphatic rings. The van der Waals surface area contributed by atoms with Crippen LogP contribution in [-0.2, 0) is 16.1 Å². The van der Waals surface area contributed by atoms with E-state index in [1.165, 1.54) is 7.11 Å². The first-order valence-corrected chi connectivity index (χ1v) is 9.54. The van der Waals surface area contributed by atoms with Crippen molar-refractivity contribution < 1.29 is 27.4 Å². The van der Waals surface area contributed by atoms with Gasteiger partial charge in [0.05, 0.1) is 42.4 Å². The molecule has 166 valence electrons. The summed E-state index contributed by atoms with van der Waals surface area (Å²) in [7, 11) is 1.51. The quantitative estimate of drug-likeness (QED) is 0.450. The molecule has 0 aliphatic heterocycles. The molecule has 2 aromatic rings. The van der Waals surface area contributed by atoms with Crippen LogP contribution in [0, 0.1) is 5.82 Å². The molecule has 0 saturated heterocycles. The van der Waals surface area contributed by atoms with E-state index in [0.717, 1.165) is 18.3 Å². The Kier molecular flexibility index (Phi) is 8.87. The van der Waals surface area contributed by atoms with Gasteiger partial charge in [-0.15, -0.1) is 0 Å². The summed E-state index contributed by atoms with van der Waals surface area (Å²) in [6.07, 6.45) is -1.03. The molecule has 2 N–H and O–H groups in total. The number of hydrogen-bond acceptors (Lipinski definition) is 6. The van der Waals surface area contributed by atoms with Crippen molar-refractivity contribution >= 4 is 23.3 Å². The van der Waals surface area contributed by atoms with Gasteiger partial charge in [-0.25, -0.2) is 13.2 Å². The Morgan fingerprint density at radius 2 is 2.00 bits per heavy atom. The lowest BCUT2D eigenvalue weighted by Gasteiger charge is -2.17. The molecule has 1 aromatic carbocycles. The Hall–Kier alpha value is -3.07. The van der Waals surface area contributed by atoms with Gasteiger partial charge in [-0.05, 0) is 36.8 Å². The van der Waals surface area contributed by atoms with Crippen LogP contribution in [0.1, 0.15) is 24.1 Å². The number of halogens is 4. The summed E-state index contributed by atoms with van der Waals surface area (Å²) >= 11 is 5.74. The van der Waals surface area contributed by atoms with E-state index in [1.807, 2.05) is 0 Å². The van der Waals surface area contributed by atoms with Crippen LogP contribution in [-0.4, -0.2) is 36.8 Å². The van der Waals surface area contributed by atoms with Crippen LogP contribution in [0.25, 0.3) is 0 Å². The largest absolute Gasteiger partial charge is 0.497 e. The monoisotopic (exact) mass is 455 g/mol. The van der Waals surface area contributed by atoms with Crippen LogP contribution in [0.2, 0.25) is 5.02 Å². The van der Waals surface area contributed by atoms with E-state index in [1.54, 1.807) is 31.2 Å². The molecule has 0 saturated carbocycles. The Morgan fingerprint density at radius 1 is 1.32 bits per heavy atom. The number of hydrogen-bond donors (Lipinski definition) is 1. The Labute approximate surface area is 182 Å². The predicted molar refractivity (Wildman–Crippen MR) is 111 cm³/mol. The number of benzene rings is 1. The summed E-state index contributed by atoms with van der Waals surface area (Å²) < 4.78 is 50.9. The van der Waals surface area contributed by atoms with Gasteiger partial charge in [0.1, 0.15) is 17.5 Å². The highest BCUT2D eigenvalue weighted by Crippen LogP contribution is 2.25. The number of aliphatic imine (C=N–C) groups is 1. The molecule has 1 atom stereocenters. The van der Waals surface area contributed by atoms with Gasteiger partial charge < -0.3 is 15.2 Å². The molecule has 31 heavy (non-hydrogen) atoms. The lowest BCUT2D eigenvalue weighted by atomic mass is 9.96. The SMILES string of the molecule is CCOC(=O)C(C(/C=C(\N)C(F)F)=NCc1ccc(OC)cc1)c1ncc(Cl)cc1F. The van der Waals surface area contributed by atoms with Gasteiger partial charge in [-0.1, -0.05) is 23.7 Å². The maximum absolute atomic E-state index is 14.6. The van der Waals surface area contributed by atoms with Gasteiger partial charge >= 0.3 is 5.97 Å². The summed E-state index contributed by atoms with van der Waals surface area (Å²) in [6.45, 7) is 1.53. The van der Waals surface area contributed by atoms with Crippen molar-refractivity contribution in [3.8, 4) is 5.75 Å². The zero-order valence-corrected chi connectivity index (χ0v) is 17.6. The van der Waals surface area contributed by atoms with Crippen molar-refractivity contribution in [1.29, 1.82) is 0 Å². The Bertz CT molecular complexity index is 966. The molecule has 6 nitrogen and oxygen atoms in total. The zero-order chi connectivity index (χ0) is 23.0. The third-order valence-corrected chi connectivity index (χ3v) is 4.30. The number of rotatable bonds is 9. The summed E-state index contributed by atoms with van der Waals surface area (Å²) in [5.41, 5.74) is 4.67. The first-order chi connectivity index (χ1) is 14.8. The van der Waals surface area contributed by atoms with Crippen molar-refractivity contribution in [2.75, 3.05) is 13.7 Å². The highest BCUT2D eigenvalue weighted by atomic mass is 35.5. The van der Waals surface area contributed by atoms with Crippen molar-refractivity contribution in [3.63, 3.8) is 0 Å². The van der Waals surface area contributed by atoms with Crippen molar-refractivity contribution in [2.45, 2.75) is 25.8 Å². The second-order valence-electron chi connectivity index (χ2n) is 6.24. The van der Waals surface area contributed by atoms with Gasteiger partial charge in [-0.2, -0.15) is 0 Å². The summed E-state index contributed by atoms with van der Waals surface area (Å²) in [6, 6.07) is 7.76. The summed E-state index contributed by atoms with van der Waals surface area (Å²) in [5, 5.41) is 0.00298. The maximum Gasteiger partial charge on any atom is 0.321 e. The fraction of sp³-hybridized carbons (Fsp3) is 0.286. The van der Waals surface area contributed by atoms with E-state index in [9.17, 15) is 18.0 Å². The molecular formula is C21H21ClF3N3O3. The summed E-state index contributed by atoms with van der Waals surface area (Å²) in [5.74, 6) is -2.73. The molecule has 10 heteroatoms. The van der Waals surface area contributed by atoms with Crippen LogP contribution >= 0.6 is 11.6 Å². The van der Waals surface area contributed by atoms with Crippen LogP contribution in [0.4, 0.5) is 13.2 Å². The Morgan fingerprint density at radius 3 is 2.55 bits per heavy atom. The number of carbonyl (C=O) groups excluding carboxylic acids is 1. The third kappa shape index (κ3) is 6.71. The number of allylic oxidation sites excluding steroid dienone is 2. The van der Waals surface area contributed by atoms with Crippen molar-refractivity contribution in [2.24, 2.45) is 10.7 Å². The normalized spacial score (nSPS) is 13.3. The first-order valence-electron chi connectivity index (χ1n) is 9.16. The van der Waals surface area contributed by atoms with Gasteiger partial charge in [0.25, 0.3) is 6.43 Å². The predicted octanol–water partition coefficient (Wildman–Crippen LogP) is 4.28. The molecule has 1 aromatic heterocycles. The van der Waals surface area contributed by atoms with Crippen LogP contribution in [0.3, 0.4) is 0 Å². The highest BCUT2D eigenvalue weighted by Gasteiger charge is 2.31. The standard InChI is InChI=1S/C21H21ClF3N3O3/c1-3-31-21(29)18(19-15(23)8-13(22)11-28-19)17(9-16(26)20(24)25)27-10-12-4-6-14(30-2)7-5-12/h4-9,11,18,20H,3,10,26H2,1-2H3/b16-9-,27-17?. The van der Waals surface area contributed by atoms with E-state index >= 15 is 0 Å². The van der Waals surface area contributed by atoms with Gasteiger partial charge in [-0.3, -0.25) is 14.8 Å². The fourth-order valence-electron chi connectivity index (χ4n) is 2.60. The number of methoxy groups -OCH3 is 1. The van der Waals surface area contributed by atoms with Crippen LogP contribution < -0.4 is 10.5 Å². The Balaban J connectivity index is 2.56. The molecule has 1 heterocycles. The molecule has 1 unspecified atom stereocenters. The van der Waals surface area contributed by atoms with E-state index in [4.69, 9.17) is 26.8 Å². The van der Waals surface area contributed by atoms with Gasteiger partial charge in [0.2, 0.25) is 0 Å². The molecule has 0 bridgehead atoms. The first kappa shape index (κ1) is 24.2. The number of esters is 1. The minimum Gasteiger partial charge on any atom is -0.497 e. The minimum absolute atomic E-state index is 0.00252. The van der Waals surface area contributed by atoms with E-state index in [2.05, 4.69) is 9.98 Å². The smallest absolute Gasteiger partial charge is 0.321 e. The van der Waals surface area contributed by atoms with Gasteiger partial charge in [0, 0.05) is 6.20 Å². The molecule has 0 radical (unpaired) electrons. The average molecular weight is 456 g/mol. The average Bonchev–Trinajstić information content (AvgIpc) is 2.73. The molecule has 2 rings (SSSR count). The third-order valence-electron chi connectivity index (χ3n) is 4.10. The number of nitrogens with two attached hydrogens (primary N) is 1. The van der Waals surface area contributed by atoms with E-state index in [-0.39, 0.29) is 29.6 Å². The van der Waals surface area contributed by atoms with Crippen molar-refractivity contribution in [1.82, 2.24) is 4.98 Å². The molecule has 0 spiro atoms. The molecule has 0 amide bonds. The minimum atomic E-state index is -3.00. The molecular weight excluding hydrogens is 435 g/mol. The number of pyridine rings is 1. The van der Waals surface area contributed by atoms with Crippen LogP contribution in [0.15, 0.2) is 53.3 Å². The summed E-state index contributed by atoms with van der Waals surface area (Å²) in [4.78, 5) is 20.8. The molecule has 0 aliphatic carbocycles. The number of nitrogens with zero attached hydrogens (tertiary/aromatic N) is 2. The van der Waals surface area contributed by atoms with Crippen LogP contribution in [0.5, 0.6) is 5.75 Å². The number of alkyl halides is 2. The second kappa shape index (κ2) is 11.4.